The number of rotatable bonds is 7. The topological polar surface area (TPSA) is 72.6 Å². The Bertz CT molecular complexity index is 1650. The fourth-order valence-corrected chi connectivity index (χ4v) is 6.07. The second kappa shape index (κ2) is 9.53. The number of benzene rings is 3. The smallest absolute Gasteiger partial charge is 0.345 e. The average molecular weight is 550 g/mol. The summed E-state index contributed by atoms with van der Waals surface area (Å²) in [6, 6.07) is 19.1. The standard InChI is InChI=1S/C29H21Cl2NO4S/c1-15-11-19(9-10-20(15)17-7-8-18-13-25(29(33)34)37-24(18)12-17)35-14-21-27(32-36-28(21)16-5-6-16)26-22(30)3-2-4-23(26)31/h2-4,7-13,16H,5-6,14H2,1H3,(H,33,34). The van der Waals surface area contributed by atoms with Crippen LogP contribution in [-0.4, -0.2) is 16.2 Å². The summed E-state index contributed by atoms with van der Waals surface area (Å²) in [5.41, 5.74) is 5.29. The van der Waals surface area contributed by atoms with Gasteiger partial charge < -0.3 is 14.4 Å². The van der Waals surface area contributed by atoms with Crippen molar-refractivity contribution in [1.82, 2.24) is 5.16 Å². The van der Waals surface area contributed by atoms with Crippen molar-refractivity contribution in [3.05, 3.63) is 92.5 Å². The lowest BCUT2D eigenvalue weighted by Gasteiger charge is -2.12. The minimum atomic E-state index is -0.905. The quantitative estimate of drug-likeness (QED) is 0.219. The van der Waals surface area contributed by atoms with Crippen LogP contribution in [0.1, 0.15) is 45.3 Å². The fraction of sp³-hybridized carbons (Fsp3) is 0.172. The molecule has 3 aromatic carbocycles. The predicted octanol–water partition coefficient (Wildman–Crippen LogP) is 8.99. The molecule has 37 heavy (non-hydrogen) atoms. The van der Waals surface area contributed by atoms with E-state index in [9.17, 15) is 9.90 Å². The molecule has 1 fully saturated rings. The zero-order valence-corrected chi connectivity index (χ0v) is 22.1. The number of thiophene rings is 1. The van der Waals surface area contributed by atoms with Gasteiger partial charge >= 0.3 is 5.97 Å². The van der Waals surface area contributed by atoms with E-state index in [2.05, 4.69) is 5.16 Å². The number of carboxylic acids is 1. The summed E-state index contributed by atoms with van der Waals surface area (Å²) in [5.74, 6) is 1.01. The van der Waals surface area contributed by atoms with Gasteiger partial charge in [-0.15, -0.1) is 11.3 Å². The molecule has 5 nitrogen and oxygen atoms in total. The Morgan fingerprint density at radius 1 is 1.11 bits per heavy atom. The van der Waals surface area contributed by atoms with Crippen molar-refractivity contribution >= 4 is 50.6 Å². The Balaban J connectivity index is 1.28. The summed E-state index contributed by atoms with van der Waals surface area (Å²) in [4.78, 5) is 11.7. The Hall–Kier alpha value is -3.32. The van der Waals surface area contributed by atoms with Gasteiger partial charge in [0, 0.05) is 16.2 Å². The number of hydrogen-bond acceptors (Lipinski definition) is 5. The highest BCUT2D eigenvalue weighted by Crippen LogP contribution is 2.46. The minimum Gasteiger partial charge on any atom is -0.489 e. The van der Waals surface area contributed by atoms with Gasteiger partial charge in [-0.25, -0.2) is 4.79 Å². The highest BCUT2D eigenvalue weighted by Gasteiger charge is 2.33. The minimum absolute atomic E-state index is 0.282. The van der Waals surface area contributed by atoms with E-state index in [4.69, 9.17) is 32.5 Å². The second-order valence-corrected chi connectivity index (χ2v) is 11.1. The third-order valence-corrected chi connectivity index (χ3v) is 8.30. The maximum absolute atomic E-state index is 11.3. The Morgan fingerprint density at radius 3 is 2.59 bits per heavy atom. The van der Waals surface area contributed by atoms with E-state index in [1.807, 2.05) is 43.3 Å². The van der Waals surface area contributed by atoms with Crippen LogP contribution in [0.5, 0.6) is 5.75 Å². The normalized spacial score (nSPS) is 13.3. The number of fused-ring (bicyclic) bond motifs is 1. The van der Waals surface area contributed by atoms with Crippen molar-refractivity contribution in [2.75, 3.05) is 0 Å². The highest BCUT2D eigenvalue weighted by molar-refractivity contribution is 7.20. The number of aromatic nitrogens is 1. The summed E-state index contributed by atoms with van der Waals surface area (Å²) in [5, 5.41) is 15.6. The summed E-state index contributed by atoms with van der Waals surface area (Å²) < 4.78 is 12.9. The lowest BCUT2D eigenvalue weighted by Crippen LogP contribution is -2.00. The van der Waals surface area contributed by atoms with Crippen LogP contribution in [0.4, 0.5) is 0 Å². The first-order valence-electron chi connectivity index (χ1n) is 11.8. The number of nitrogens with zero attached hydrogens (tertiary/aromatic N) is 1. The Kier molecular flexibility index (Phi) is 6.19. The molecule has 0 spiro atoms. The van der Waals surface area contributed by atoms with E-state index in [1.165, 1.54) is 11.3 Å². The first-order valence-corrected chi connectivity index (χ1v) is 13.4. The van der Waals surface area contributed by atoms with Crippen LogP contribution in [-0.2, 0) is 6.61 Å². The lowest BCUT2D eigenvalue weighted by atomic mass is 9.99. The van der Waals surface area contributed by atoms with E-state index in [0.29, 0.717) is 32.1 Å². The number of ether oxygens (including phenoxy) is 1. The van der Waals surface area contributed by atoms with Gasteiger partial charge in [0.15, 0.2) is 0 Å². The molecule has 1 aliphatic rings. The molecule has 186 valence electrons. The molecular weight excluding hydrogens is 529 g/mol. The van der Waals surface area contributed by atoms with Crippen LogP contribution in [0, 0.1) is 6.92 Å². The first-order chi connectivity index (χ1) is 17.9. The molecule has 1 N–H and O–H groups in total. The molecule has 6 rings (SSSR count). The molecule has 0 unspecified atom stereocenters. The number of halogens is 2. The number of aromatic carboxylic acids is 1. The summed E-state index contributed by atoms with van der Waals surface area (Å²) in [7, 11) is 0. The third-order valence-electron chi connectivity index (χ3n) is 6.59. The molecule has 0 amide bonds. The predicted molar refractivity (Wildman–Crippen MR) is 147 cm³/mol. The molecule has 2 aromatic heterocycles. The molecule has 0 aliphatic heterocycles. The summed E-state index contributed by atoms with van der Waals surface area (Å²) >= 11 is 14.2. The molecule has 8 heteroatoms. The maximum Gasteiger partial charge on any atom is 0.345 e. The van der Waals surface area contributed by atoms with E-state index in [-0.39, 0.29) is 6.61 Å². The number of carbonyl (C=O) groups is 1. The van der Waals surface area contributed by atoms with Crippen LogP contribution in [0.15, 0.2) is 65.2 Å². The van der Waals surface area contributed by atoms with Gasteiger partial charge in [-0.2, -0.15) is 0 Å². The van der Waals surface area contributed by atoms with E-state index < -0.39 is 5.97 Å². The highest BCUT2D eigenvalue weighted by atomic mass is 35.5. The van der Waals surface area contributed by atoms with Crippen molar-refractivity contribution < 1.29 is 19.2 Å². The van der Waals surface area contributed by atoms with Gasteiger partial charge in [0.1, 0.15) is 28.7 Å². The largest absolute Gasteiger partial charge is 0.489 e. The monoisotopic (exact) mass is 549 g/mol. The van der Waals surface area contributed by atoms with Gasteiger partial charge in [-0.05, 0) is 78.2 Å². The molecule has 1 saturated carbocycles. The van der Waals surface area contributed by atoms with Crippen molar-refractivity contribution in [3.8, 4) is 28.1 Å². The average Bonchev–Trinajstić information content (AvgIpc) is 3.48. The Labute approximate surface area is 227 Å². The number of aryl methyl sites for hydroxylation is 1. The zero-order valence-electron chi connectivity index (χ0n) is 19.8. The van der Waals surface area contributed by atoms with Crippen molar-refractivity contribution in [2.24, 2.45) is 0 Å². The SMILES string of the molecule is Cc1cc(OCc2c(-c3c(Cl)cccc3Cl)noc2C2CC2)ccc1-c1ccc2cc(C(=O)O)sc2c1. The van der Waals surface area contributed by atoms with Crippen LogP contribution < -0.4 is 4.74 Å². The third kappa shape index (κ3) is 4.61. The van der Waals surface area contributed by atoms with Crippen LogP contribution >= 0.6 is 34.5 Å². The van der Waals surface area contributed by atoms with Crippen molar-refractivity contribution in [3.63, 3.8) is 0 Å². The van der Waals surface area contributed by atoms with Gasteiger partial charge in [-0.3, -0.25) is 0 Å². The van der Waals surface area contributed by atoms with E-state index >= 15 is 0 Å². The van der Waals surface area contributed by atoms with Gasteiger partial charge in [-0.1, -0.05) is 52.6 Å². The molecule has 0 radical (unpaired) electrons. The first kappa shape index (κ1) is 24.0. The summed E-state index contributed by atoms with van der Waals surface area (Å²) in [6.45, 7) is 2.32. The van der Waals surface area contributed by atoms with Gasteiger partial charge in [0.25, 0.3) is 0 Å². The van der Waals surface area contributed by atoms with Crippen molar-refractivity contribution in [1.29, 1.82) is 0 Å². The molecule has 5 aromatic rings. The van der Waals surface area contributed by atoms with Crippen molar-refractivity contribution in [2.45, 2.75) is 32.3 Å². The molecule has 2 heterocycles. The van der Waals surface area contributed by atoms with E-state index in [1.54, 1.807) is 24.3 Å². The zero-order chi connectivity index (χ0) is 25.7. The number of hydrogen-bond donors (Lipinski definition) is 1. The molecule has 0 bridgehead atoms. The van der Waals surface area contributed by atoms with Gasteiger partial charge in [0.2, 0.25) is 0 Å². The Morgan fingerprint density at radius 2 is 1.89 bits per heavy atom. The van der Waals surface area contributed by atoms with Crippen LogP contribution in [0.2, 0.25) is 10.0 Å². The van der Waals surface area contributed by atoms with Crippen LogP contribution in [0.3, 0.4) is 0 Å². The fourth-order valence-electron chi connectivity index (χ4n) is 4.56. The molecular formula is C29H21Cl2NO4S. The van der Waals surface area contributed by atoms with Crippen LogP contribution in [0.25, 0.3) is 32.5 Å². The second-order valence-electron chi connectivity index (χ2n) is 9.18. The molecule has 0 saturated heterocycles. The lowest BCUT2D eigenvalue weighted by molar-refractivity contribution is 0.0702. The number of carboxylic acid groups (broad SMARTS) is 1. The molecule has 0 atom stereocenters. The van der Waals surface area contributed by atoms with Gasteiger partial charge in [0.05, 0.1) is 15.6 Å². The maximum atomic E-state index is 11.3. The summed E-state index contributed by atoms with van der Waals surface area (Å²) in [6.07, 6.45) is 2.13. The van der Waals surface area contributed by atoms with E-state index in [0.717, 1.165) is 56.7 Å². The molecule has 1 aliphatic carbocycles.